The van der Waals surface area contributed by atoms with E-state index in [1.54, 1.807) is 18.2 Å². The van der Waals surface area contributed by atoms with Gasteiger partial charge in [0.05, 0.1) is 15.5 Å². The highest BCUT2D eigenvalue weighted by molar-refractivity contribution is 6.42. The maximum absolute atomic E-state index is 11.6. The quantitative estimate of drug-likeness (QED) is 0.883. The Hall–Kier alpha value is -0.730. The van der Waals surface area contributed by atoms with E-state index < -0.39 is 11.4 Å². The van der Waals surface area contributed by atoms with E-state index in [4.69, 9.17) is 23.2 Å². The molecule has 0 aliphatic heterocycles. The van der Waals surface area contributed by atoms with E-state index >= 15 is 0 Å². The van der Waals surface area contributed by atoms with Gasteiger partial charge in [-0.1, -0.05) is 49.0 Å². The van der Waals surface area contributed by atoms with Crippen LogP contribution >= 0.6 is 23.2 Å². The number of rotatable bonds is 4. The van der Waals surface area contributed by atoms with Gasteiger partial charge in [0.1, 0.15) is 0 Å². The number of aliphatic carboxylic acids is 1. The summed E-state index contributed by atoms with van der Waals surface area (Å²) in [6.07, 6.45) is 3.60. The van der Waals surface area contributed by atoms with Crippen molar-refractivity contribution in [2.24, 2.45) is 5.92 Å². The number of halogens is 2. The van der Waals surface area contributed by atoms with Crippen molar-refractivity contribution in [3.05, 3.63) is 33.8 Å². The summed E-state index contributed by atoms with van der Waals surface area (Å²) in [5, 5.41) is 10.4. The monoisotopic (exact) mass is 286 g/mol. The summed E-state index contributed by atoms with van der Waals surface area (Å²) >= 11 is 11.8. The smallest absolute Gasteiger partial charge is 0.314 e. The second-order valence-corrected chi connectivity index (χ2v) is 5.89. The molecule has 2 nitrogen and oxygen atoms in total. The topological polar surface area (TPSA) is 37.3 Å². The minimum atomic E-state index is -0.756. The van der Waals surface area contributed by atoms with Gasteiger partial charge in [0.15, 0.2) is 0 Å². The molecule has 0 radical (unpaired) electrons. The van der Waals surface area contributed by atoms with Gasteiger partial charge in [-0.05, 0) is 36.5 Å². The van der Waals surface area contributed by atoms with Gasteiger partial charge in [0.25, 0.3) is 0 Å². The number of carboxylic acid groups (broad SMARTS) is 1. The van der Waals surface area contributed by atoms with Crippen molar-refractivity contribution in [1.29, 1.82) is 0 Å². The Balaban J connectivity index is 2.27. The van der Waals surface area contributed by atoms with E-state index in [1.165, 1.54) is 0 Å². The van der Waals surface area contributed by atoms with E-state index in [0.717, 1.165) is 18.4 Å². The zero-order chi connectivity index (χ0) is 13.3. The molecule has 18 heavy (non-hydrogen) atoms. The largest absolute Gasteiger partial charge is 0.481 e. The van der Waals surface area contributed by atoms with Gasteiger partial charge >= 0.3 is 5.97 Å². The lowest BCUT2D eigenvalue weighted by molar-refractivity contribution is -0.150. The molecule has 1 saturated carbocycles. The molecule has 0 heterocycles. The van der Waals surface area contributed by atoms with Crippen LogP contribution in [0.15, 0.2) is 18.2 Å². The molecule has 2 rings (SSSR count). The predicted molar refractivity (Wildman–Crippen MR) is 73.4 cm³/mol. The normalized spacial score (nSPS) is 26.7. The first-order valence-corrected chi connectivity index (χ1v) is 6.94. The van der Waals surface area contributed by atoms with Crippen LogP contribution in [0.1, 0.15) is 38.2 Å². The van der Waals surface area contributed by atoms with Crippen LogP contribution in [-0.4, -0.2) is 11.1 Å². The molecular weight excluding hydrogens is 271 g/mol. The van der Waals surface area contributed by atoms with Gasteiger partial charge in [-0.3, -0.25) is 4.79 Å². The Morgan fingerprint density at radius 1 is 1.39 bits per heavy atom. The number of carboxylic acids is 1. The van der Waals surface area contributed by atoms with Gasteiger partial charge in [-0.2, -0.15) is 0 Å². The highest BCUT2D eigenvalue weighted by Gasteiger charge is 2.51. The van der Waals surface area contributed by atoms with Crippen molar-refractivity contribution in [2.45, 2.75) is 38.0 Å². The molecule has 0 aromatic heterocycles. The van der Waals surface area contributed by atoms with Crippen molar-refractivity contribution < 1.29 is 9.90 Å². The summed E-state index contributed by atoms with van der Waals surface area (Å²) < 4.78 is 0. The van der Waals surface area contributed by atoms with Crippen LogP contribution in [0.2, 0.25) is 10.0 Å². The molecule has 1 aromatic carbocycles. The Kier molecular flexibility index (Phi) is 3.88. The fourth-order valence-corrected chi connectivity index (χ4v) is 3.16. The molecule has 1 fully saturated rings. The fraction of sp³-hybridized carbons (Fsp3) is 0.500. The van der Waals surface area contributed by atoms with Crippen molar-refractivity contribution in [3.8, 4) is 0 Å². The number of carbonyl (C=O) groups is 1. The summed E-state index contributed by atoms with van der Waals surface area (Å²) in [6, 6.07) is 5.15. The van der Waals surface area contributed by atoms with Gasteiger partial charge in [0, 0.05) is 0 Å². The molecule has 4 heteroatoms. The van der Waals surface area contributed by atoms with Crippen LogP contribution in [0.4, 0.5) is 0 Å². The fourth-order valence-electron chi connectivity index (χ4n) is 2.87. The Labute approximate surface area is 117 Å². The summed E-state index contributed by atoms with van der Waals surface area (Å²) in [4.78, 5) is 11.6. The predicted octanol–water partition coefficient (Wildman–Crippen LogP) is 4.53. The molecule has 1 N–H and O–H groups in total. The molecule has 0 amide bonds. The van der Waals surface area contributed by atoms with Gasteiger partial charge < -0.3 is 5.11 Å². The number of hydrogen-bond donors (Lipinski definition) is 1. The molecular formula is C14H16Cl2O2. The SMILES string of the molecule is CCCC1CC(C(=O)O)(c2ccc(Cl)c(Cl)c2)C1. The maximum atomic E-state index is 11.6. The van der Waals surface area contributed by atoms with E-state index in [1.807, 2.05) is 0 Å². The Bertz CT molecular complexity index is 465. The summed E-state index contributed by atoms with van der Waals surface area (Å²) in [5.74, 6) is -0.242. The lowest BCUT2D eigenvalue weighted by Gasteiger charge is -2.45. The first-order valence-electron chi connectivity index (χ1n) is 6.18. The van der Waals surface area contributed by atoms with E-state index in [0.29, 0.717) is 28.8 Å². The standard InChI is InChI=1S/C14H16Cl2O2/c1-2-3-9-7-14(8-9,13(17)18)10-4-5-11(15)12(16)6-10/h4-6,9H,2-3,7-8H2,1H3,(H,17,18). The lowest BCUT2D eigenvalue weighted by atomic mass is 9.57. The van der Waals surface area contributed by atoms with Crippen LogP contribution in [0.3, 0.4) is 0 Å². The molecule has 1 aliphatic rings. The van der Waals surface area contributed by atoms with Crippen LogP contribution in [0, 0.1) is 5.92 Å². The van der Waals surface area contributed by atoms with Crippen LogP contribution in [0.5, 0.6) is 0 Å². The molecule has 0 spiro atoms. The minimum absolute atomic E-state index is 0.425. The van der Waals surface area contributed by atoms with Crippen LogP contribution in [-0.2, 0) is 10.2 Å². The van der Waals surface area contributed by atoms with Crippen molar-refractivity contribution >= 4 is 29.2 Å². The summed E-state index contributed by atoms with van der Waals surface area (Å²) in [7, 11) is 0. The van der Waals surface area contributed by atoms with Gasteiger partial charge in [-0.25, -0.2) is 0 Å². The van der Waals surface area contributed by atoms with Crippen LogP contribution in [0.25, 0.3) is 0 Å². The highest BCUT2D eigenvalue weighted by Crippen LogP contribution is 2.50. The zero-order valence-corrected chi connectivity index (χ0v) is 11.8. The number of hydrogen-bond acceptors (Lipinski definition) is 1. The second-order valence-electron chi connectivity index (χ2n) is 5.08. The van der Waals surface area contributed by atoms with E-state index in [-0.39, 0.29) is 0 Å². The third kappa shape index (κ3) is 2.24. The maximum Gasteiger partial charge on any atom is 0.314 e. The molecule has 0 atom stereocenters. The third-order valence-electron chi connectivity index (χ3n) is 3.85. The van der Waals surface area contributed by atoms with Crippen LogP contribution < -0.4 is 0 Å². The molecule has 98 valence electrons. The summed E-state index contributed by atoms with van der Waals surface area (Å²) in [5.41, 5.74) is 0.0189. The van der Waals surface area contributed by atoms with Gasteiger partial charge in [-0.15, -0.1) is 0 Å². The molecule has 0 bridgehead atoms. The Morgan fingerprint density at radius 3 is 2.56 bits per heavy atom. The highest BCUT2D eigenvalue weighted by atomic mass is 35.5. The van der Waals surface area contributed by atoms with E-state index in [9.17, 15) is 9.90 Å². The van der Waals surface area contributed by atoms with Crippen molar-refractivity contribution in [2.75, 3.05) is 0 Å². The van der Waals surface area contributed by atoms with Gasteiger partial charge in [0.2, 0.25) is 0 Å². The van der Waals surface area contributed by atoms with E-state index in [2.05, 4.69) is 6.92 Å². The molecule has 1 aromatic rings. The Morgan fingerprint density at radius 2 is 2.06 bits per heavy atom. The average Bonchev–Trinajstić information content (AvgIpc) is 2.26. The third-order valence-corrected chi connectivity index (χ3v) is 4.59. The molecule has 0 unspecified atom stereocenters. The zero-order valence-electron chi connectivity index (χ0n) is 10.2. The lowest BCUT2D eigenvalue weighted by Crippen LogP contribution is -2.47. The second kappa shape index (κ2) is 5.10. The first kappa shape index (κ1) is 13.7. The van der Waals surface area contributed by atoms with Crippen molar-refractivity contribution in [3.63, 3.8) is 0 Å². The first-order chi connectivity index (χ1) is 8.49. The summed E-state index contributed by atoms with van der Waals surface area (Å²) in [6.45, 7) is 2.12. The minimum Gasteiger partial charge on any atom is -0.481 e. The molecule has 0 saturated heterocycles. The molecule has 1 aliphatic carbocycles. The number of benzene rings is 1. The van der Waals surface area contributed by atoms with Crippen molar-refractivity contribution in [1.82, 2.24) is 0 Å². The average molecular weight is 287 g/mol.